The van der Waals surface area contributed by atoms with Crippen molar-refractivity contribution in [1.29, 1.82) is 0 Å². The lowest BCUT2D eigenvalue weighted by Gasteiger charge is -2.46. The van der Waals surface area contributed by atoms with Crippen molar-refractivity contribution in [1.82, 2.24) is 5.01 Å². The first-order valence-electron chi connectivity index (χ1n) is 9.11. The molecule has 2 aliphatic heterocycles. The second-order valence-corrected chi connectivity index (χ2v) is 7.54. The average molecular weight is 375 g/mol. The first-order chi connectivity index (χ1) is 13.1. The van der Waals surface area contributed by atoms with E-state index in [0.29, 0.717) is 5.02 Å². The van der Waals surface area contributed by atoms with Crippen LogP contribution in [0.5, 0.6) is 5.75 Å². The zero-order chi connectivity index (χ0) is 18.4. The Morgan fingerprint density at radius 2 is 1.67 bits per heavy atom. The number of nitrogens with zero attached hydrogens (tertiary/aromatic N) is 2. The Morgan fingerprint density at radius 3 is 2.44 bits per heavy atom. The molecule has 0 radical (unpaired) electrons. The number of hydrogen-bond acceptors (Lipinski definition) is 3. The van der Waals surface area contributed by atoms with Gasteiger partial charge in [-0.05, 0) is 23.8 Å². The van der Waals surface area contributed by atoms with E-state index in [4.69, 9.17) is 21.4 Å². The van der Waals surface area contributed by atoms with Gasteiger partial charge in [0.15, 0.2) is 0 Å². The molecule has 0 bridgehead atoms. The average Bonchev–Trinajstić information content (AvgIpc) is 3.16. The molecule has 0 saturated heterocycles. The van der Waals surface area contributed by atoms with Gasteiger partial charge >= 0.3 is 0 Å². The highest BCUT2D eigenvalue weighted by molar-refractivity contribution is 6.30. The molecule has 5 rings (SSSR count). The summed E-state index contributed by atoms with van der Waals surface area (Å²) < 4.78 is 6.52. The molecule has 0 spiro atoms. The zero-order valence-electron chi connectivity index (χ0n) is 15.0. The Kier molecular flexibility index (Phi) is 3.73. The number of benzene rings is 3. The quantitative estimate of drug-likeness (QED) is 0.570. The van der Waals surface area contributed by atoms with Crippen molar-refractivity contribution in [3.8, 4) is 5.75 Å². The largest absolute Gasteiger partial charge is 0.462 e. The van der Waals surface area contributed by atoms with E-state index in [1.54, 1.807) is 0 Å². The van der Waals surface area contributed by atoms with E-state index in [1.165, 1.54) is 5.56 Å². The third kappa shape index (κ3) is 2.62. The third-order valence-corrected chi connectivity index (χ3v) is 5.67. The highest BCUT2D eigenvalue weighted by Gasteiger charge is 2.48. The van der Waals surface area contributed by atoms with Crippen molar-refractivity contribution < 1.29 is 4.74 Å². The molecule has 0 unspecified atom stereocenters. The number of rotatable bonds is 2. The summed E-state index contributed by atoms with van der Waals surface area (Å²) in [5.41, 5.74) is 3.76. The Morgan fingerprint density at radius 1 is 0.963 bits per heavy atom. The highest BCUT2D eigenvalue weighted by Crippen LogP contribution is 2.50. The van der Waals surface area contributed by atoms with Crippen LogP contribution < -0.4 is 4.74 Å². The molecule has 0 amide bonds. The smallest absolute Gasteiger partial charge is 0.221 e. The predicted octanol–water partition coefficient (Wildman–Crippen LogP) is 5.76. The van der Waals surface area contributed by atoms with Crippen LogP contribution in [-0.2, 0) is 5.72 Å². The minimum Gasteiger partial charge on any atom is -0.462 e. The van der Waals surface area contributed by atoms with Gasteiger partial charge < -0.3 is 4.74 Å². The van der Waals surface area contributed by atoms with Gasteiger partial charge in [-0.3, -0.25) is 0 Å². The maximum atomic E-state index is 6.52. The van der Waals surface area contributed by atoms with E-state index in [1.807, 2.05) is 42.5 Å². The van der Waals surface area contributed by atoms with E-state index in [2.05, 4.69) is 48.3 Å². The lowest BCUT2D eigenvalue weighted by atomic mass is 9.92. The van der Waals surface area contributed by atoms with Gasteiger partial charge in [0.25, 0.3) is 0 Å². The molecular weight excluding hydrogens is 356 g/mol. The van der Waals surface area contributed by atoms with Crippen LogP contribution in [0.25, 0.3) is 0 Å². The van der Waals surface area contributed by atoms with Crippen molar-refractivity contribution in [3.05, 3.63) is 101 Å². The SMILES string of the molecule is C[C@]1(c2ccc(Cl)cc2)Oc2ccccc2[C@@H]2CC(c3ccccc3)=NN21. The van der Waals surface area contributed by atoms with Crippen LogP contribution in [0.4, 0.5) is 0 Å². The fourth-order valence-electron chi connectivity index (χ4n) is 4.01. The van der Waals surface area contributed by atoms with E-state index >= 15 is 0 Å². The van der Waals surface area contributed by atoms with Gasteiger partial charge in [0, 0.05) is 29.5 Å². The molecule has 0 aromatic heterocycles. The Bertz CT molecular complexity index is 1020. The first kappa shape index (κ1) is 16.4. The maximum absolute atomic E-state index is 6.52. The maximum Gasteiger partial charge on any atom is 0.221 e. The zero-order valence-corrected chi connectivity index (χ0v) is 15.7. The predicted molar refractivity (Wildman–Crippen MR) is 108 cm³/mol. The number of hydrazone groups is 1. The summed E-state index contributed by atoms with van der Waals surface area (Å²) >= 11 is 6.11. The van der Waals surface area contributed by atoms with Crippen LogP contribution in [0.1, 0.15) is 36.1 Å². The fraction of sp³-hybridized carbons (Fsp3) is 0.174. The Labute approximate surface area is 163 Å². The number of ether oxygens (including phenoxy) is 1. The van der Waals surface area contributed by atoms with Gasteiger partial charge in [0.1, 0.15) is 5.75 Å². The summed E-state index contributed by atoms with van der Waals surface area (Å²) in [4.78, 5) is 0. The molecule has 2 atom stereocenters. The molecule has 3 aromatic rings. The summed E-state index contributed by atoms with van der Waals surface area (Å²) in [6.07, 6.45) is 0.855. The molecule has 3 nitrogen and oxygen atoms in total. The summed E-state index contributed by atoms with van der Waals surface area (Å²) in [5, 5.41) is 7.85. The monoisotopic (exact) mass is 374 g/mol. The van der Waals surface area contributed by atoms with Crippen LogP contribution in [0.3, 0.4) is 0 Å². The first-order valence-corrected chi connectivity index (χ1v) is 9.49. The van der Waals surface area contributed by atoms with Crippen LogP contribution in [0, 0.1) is 0 Å². The van der Waals surface area contributed by atoms with Crippen LogP contribution in [-0.4, -0.2) is 10.7 Å². The van der Waals surface area contributed by atoms with E-state index in [-0.39, 0.29) is 6.04 Å². The molecule has 0 aliphatic carbocycles. The second-order valence-electron chi connectivity index (χ2n) is 7.11. The van der Waals surface area contributed by atoms with Crippen LogP contribution >= 0.6 is 11.6 Å². The molecule has 0 N–H and O–H groups in total. The molecule has 3 aromatic carbocycles. The lowest BCUT2D eigenvalue weighted by Crippen LogP contribution is -2.48. The lowest BCUT2D eigenvalue weighted by molar-refractivity contribution is -0.112. The summed E-state index contributed by atoms with van der Waals surface area (Å²) in [7, 11) is 0. The molecule has 134 valence electrons. The molecule has 2 heterocycles. The molecular formula is C23H19ClN2O. The topological polar surface area (TPSA) is 24.8 Å². The van der Waals surface area contributed by atoms with Crippen molar-refractivity contribution in [3.63, 3.8) is 0 Å². The molecule has 4 heteroatoms. The highest BCUT2D eigenvalue weighted by atomic mass is 35.5. The minimum atomic E-state index is -0.694. The van der Waals surface area contributed by atoms with Gasteiger partial charge in [0.2, 0.25) is 5.72 Å². The van der Waals surface area contributed by atoms with Crippen LogP contribution in [0.2, 0.25) is 5.02 Å². The van der Waals surface area contributed by atoms with Gasteiger partial charge in [-0.2, -0.15) is 5.10 Å². The van der Waals surface area contributed by atoms with Crippen molar-refractivity contribution in [2.24, 2.45) is 5.10 Å². The van der Waals surface area contributed by atoms with Crippen LogP contribution in [0.15, 0.2) is 84.0 Å². The molecule has 0 saturated carbocycles. The number of halogens is 1. The van der Waals surface area contributed by atoms with Gasteiger partial charge in [0.05, 0.1) is 11.8 Å². The minimum absolute atomic E-state index is 0.144. The molecule has 2 aliphatic rings. The molecule has 0 fully saturated rings. The fourth-order valence-corrected chi connectivity index (χ4v) is 4.14. The van der Waals surface area contributed by atoms with Crippen molar-refractivity contribution >= 4 is 17.3 Å². The molecule has 27 heavy (non-hydrogen) atoms. The summed E-state index contributed by atoms with van der Waals surface area (Å²) in [6.45, 7) is 2.08. The van der Waals surface area contributed by atoms with Crippen molar-refractivity contribution in [2.45, 2.75) is 25.1 Å². The number of para-hydroxylation sites is 1. The van der Waals surface area contributed by atoms with Gasteiger partial charge in [-0.15, -0.1) is 0 Å². The Hall–Kier alpha value is -2.78. The third-order valence-electron chi connectivity index (χ3n) is 5.42. The standard InChI is InChI=1S/C23H19ClN2O/c1-23(17-11-13-18(24)14-12-17)26-21(19-9-5-6-10-22(19)27-23)15-20(25-26)16-7-3-2-4-8-16/h2-14,21H,15H2,1H3/t21-,23+/m0/s1. The van der Waals surface area contributed by atoms with Gasteiger partial charge in [-0.1, -0.05) is 72.3 Å². The van der Waals surface area contributed by atoms with Gasteiger partial charge in [-0.25, -0.2) is 5.01 Å². The summed E-state index contributed by atoms with van der Waals surface area (Å²) in [5.74, 6) is 0.917. The number of fused-ring (bicyclic) bond motifs is 3. The normalized spacial score (nSPS) is 23.3. The van der Waals surface area contributed by atoms with Crippen molar-refractivity contribution in [2.75, 3.05) is 0 Å². The number of hydrogen-bond donors (Lipinski definition) is 0. The van der Waals surface area contributed by atoms with E-state index < -0.39 is 5.72 Å². The van der Waals surface area contributed by atoms with E-state index in [0.717, 1.165) is 29.0 Å². The van der Waals surface area contributed by atoms with E-state index in [9.17, 15) is 0 Å². The second kappa shape index (κ2) is 6.14. The summed E-state index contributed by atoms with van der Waals surface area (Å²) in [6, 6.07) is 26.6. The Balaban J connectivity index is 1.65.